The van der Waals surface area contributed by atoms with E-state index in [4.69, 9.17) is 11.6 Å². The van der Waals surface area contributed by atoms with Gasteiger partial charge in [0.05, 0.1) is 10.6 Å². The van der Waals surface area contributed by atoms with Gasteiger partial charge in [0.2, 0.25) is 11.8 Å². The Hall–Kier alpha value is -3.43. The lowest BCUT2D eigenvalue weighted by atomic mass is 10.1. The molecule has 40 heavy (non-hydrogen) atoms. The maximum absolute atomic E-state index is 14.0. The summed E-state index contributed by atoms with van der Waals surface area (Å²) in [5, 5.41) is 3.25. The molecule has 0 aromatic heterocycles. The van der Waals surface area contributed by atoms with Gasteiger partial charge in [-0.2, -0.15) is 0 Å². The van der Waals surface area contributed by atoms with Crippen LogP contribution in [0, 0.1) is 18.7 Å². The van der Waals surface area contributed by atoms with Crippen LogP contribution in [0.4, 0.5) is 10.1 Å². The molecular formula is C30H35ClFN3O4S. The van der Waals surface area contributed by atoms with Gasteiger partial charge in [-0.15, -0.1) is 0 Å². The molecule has 0 spiro atoms. The first-order valence-electron chi connectivity index (χ1n) is 13.1. The van der Waals surface area contributed by atoms with Crippen LogP contribution >= 0.6 is 11.6 Å². The number of carbonyl (C=O) groups excluding carboxylic acids is 2. The lowest BCUT2D eigenvalue weighted by Gasteiger charge is -2.33. The van der Waals surface area contributed by atoms with Gasteiger partial charge in [0.1, 0.15) is 18.4 Å². The van der Waals surface area contributed by atoms with E-state index in [0.29, 0.717) is 29.2 Å². The number of aryl methyl sites for hydroxylation is 1. The molecule has 0 aliphatic rings. The molecule has 3 rings (SSSR count). The molecule has 0 fully saturated rings. The van der Waals surface area contributed by atoms with Crippen LogP contribution in [0.25, 0.3) is 0 Å². The van der Waals surface area contributed by atoms with Gasteiger partial charge in [-0.3, -0.25) is 13.9 Å². The lowest BCUT2D eigenvalue weighted by molar-refractivity contribution is -0.140. The van der Waals surface area contributed by atoms with Gasteiger partial charge in [-0.05, 0) is 73.4 Å². The molecule has 214 valence electrons. The monoisotopic (exact) mass is 587 g/mol. The van der Waals surface area contributed by atoms with Crippen LogP contribution in [-0.2, 0) is 26.2 Å². The Morgan fingerprint density at radius 1 is 0.950 bits per heavy atom. The third kappa shape index (κ3) is 8.05. The van der Waals surface area contributed by atoms with Gasteiger partial charge in [0.25, 0.3) is 10.0 Å². The molecule has 1 atom stereocenters. The Bertz CT molecular complexity index is 1400. The van der Waals surface area contributed by atoms with Crippen LogP contribution in [0.1, 0.15) is 38.3 Å². The van der Waals surface area contributed by atoms with Crippen LogP contribution in [-0.4, -0.2) is 44.3 Å². The molecule has 3 aromatic carbocycles. The van der Waals surface area contributed by atoms with Gasteiger partial charge in [-0.25, -0.2) is 12.8 Å². The highest BCUT2D eigenvalue weighted by molar-refractivity contribution is 7.92. The van der Waals surface area contributed by atoms with Crippen LogP contribution in [0.2, 0.25) is 5.02 Å². The number of nitrogens with zero attached hydrogens (tertiary/aromatic N) is 2. The first-order valence-corrected chi connectivity index (χ1v) is 14.9. The van der Waals surface area contributed by atoms with Crippen molar-refractivity contribution in [2.24, 2.45) is 5.92 Å². The highest BCUT2D eigenvalue weighted by Gasteiger charge is 2.33. The second-order valence-corrected chi connectivity index (χ2v) is 12.3. The Kier molecular flexibility index (Phi) is 10.7. The van der Waals surface area contributed by atoms with E-state index in [0.717, 1.165) is 9.87 Å². The van der Waals surface area contributed by atoms with E-state index in [9.17, 15) is 22.4 Å². The number of anilines is 1. The number of halogens is 2. The molecule has 0 heterocycles. The van der Waals surface area contributed by atoms with E-state index in [1.54, 1.807) is 31.2 Å². The predicted octanol–water partition coefficient (Wildman–Crippen LogP) is 5.56. The summed E-state index contributed by atoms with van der Waals surface area (Å²) in [6, 6.07) is 17.3. The fourth-order valence-corrected chi connectivity index (χ4v) is 5.64. The largest absolute Gasteiger partial charge is 0.354 e. The number of amides is 2. The van der Waals surface area contributed by atoms with Crippen molar-refractivity contribution in [3.05, 3.63) is 94.8 Å². The fraction of sp³-hybridized carbons (Fsp3) is 0.333. The van der Waals surface area contributed by atoms with Crippen molar-refractivity contribution in [2.75, 3.05) is 17.4 Å². The molecule has 10 heteroatoms. The van der Waals surface area contributed by atoms with E-state index in [1.807, 2.05) is 20.8 Å². The van der Waals surface area contributed by atoms with Crippen molar-refractivity contribution in [3.63, 3.8) is 0 Å². The Morgan fingerprint density at radius 2 is 1.55 bits per heavy atom. The van der Waals surface area contributed by atoms with E-state index in [1.165, 1.54) is 53.4 Å². The summed E-state index contributed by atoms with van der Waals surface area (Å²) < 4.78 is 42.3. The zero-order chi connectivity index (χ0) is 29.4. The molecular weight excluding hydrogens is 553 g/mol. The third-order valence-corrected chi connectivity index (χ3v) is 8.38. The minimum atomic E-state index is -4.19. The van der Waals surface area contributed by atoms with Crippen LogP contribution < -0.4 is 9.62 Å². The van der Waals surface area contributed by atoms with Gasteiger partial charge < -0.3 is 10.2 Å². The average molecular weight is 588 g/mol. The number of rotatable bonds is 12. The molecule has 0 aliphatic carbocycles. The van der Waals surface area contributed by atoms with Crippen molar-refractivity contribution in [1.82, 2.24) is 10.2 Å². The molecule has 0 saturated heterocycles. The molecule has 3 aromatic rings. The summed E-state index contributed by atoms with van der Waals surface area (Å²) in [7, 11) is -4.19. The molecule has 1 unspecified atom stereocenters. The molecule has 0 radical (unpaired) electrons. The topological polar surface area (TPSA) is 86.8 Å². The first kappa shape index (κ1) is 31.1. The summed E-state index contributed by atoms with van der Waals surface area (Å²) in [6.07, 6.45) is 0.297. The van der Waals surface area contributed by atoms with E-state index in [-0.39, 0.29) is 23.3 Å². The van der Waals surface area contributed by atoms with Crippen molar-refractivity contribution in [1.29, 1.82) is 0 Å². The van der Waals surface area contributed by atoms with Gasteiger partial charge in [0.15, 0.2) is 0 Å². The van der Waals surface area contributed by atoms with Crippen LogP contribution in [0.15, 0.2) is 77.7 Å². The second-order valence-electron chi connectivity index (χ2n) is 10.0. The second kappa shape index (κ2) is 13.8. The number of carbonyl (C=O) groups is 2. The predicted molar refractivity (Wildman–Crippen MR) is 156 cm³/mol. The first-order chi connectivity index (χ1) is 18.9. The van der Waals surface area contributed by atoms with Crippen molar-refractivity contribution in [2.45, 2.75) is 51.6 Å². The summed E-state index contributed by atoms with van der Waals surface area (Å²) in [6.45, 7) is 7.45. The third-order valence-electron chi connectivity index (χ3n) is 6.34. The summed E-state index contributed by atoms with van der Waals surface area (Å²) in [5.74, 6) is -1.14. The molecule has 7 nitrogen and oxygen atoms in total. The number of sulfonamides is 1. The number of hydrogen-bond acceptors (Lipinski definition) is 4. The normalized spacial score (nSPS) is 12.2. The van der Waals surface area contributed by atoms with Crippen LogP contribution in [0.3, 0.4) is 0 Å². The smallest absolute Gasteiger partial charge is 0.264 e. The number of nitrogens with one attached hydrogen (secondary N) is 1. The zero-order valence-electron chi connectivity index (χ0n) is 23.1. The van der Waals surface area contributed by atoms with Gasteiger partial charge in [0, 0.05) is 18.1 Å². The van der Waals surface area contributed by atoms with E-state index in [2.05, 4.69) is 5.32 Å². The zero-order valence-corrected chi connectivity index (χ0v) is 24.7. The van der Waals surface area contributed by atoms with Crippen molar-refractivity contribution in [3.8, 4) is 0 Å². The Morgan fingerprint density at radius 3 is 2.10 bits per heavy atom. The van der Waals surface area contributed by atoms with Gasteiger partial charge in [-0.1, -0.05) is 62.2 Å². The maximum Gasteiger partial charge on any atom is 0.264 e. The van der Waals surface area contributed by atoms with Gasteiger partial charge >= 0.3 is 0 Å². The highest BCUT2D eigenvalue weighted by atomic mass is 35.5. The minimum Gasteiger partial charge on any atom is -0.354 e. The van der Waals surface area contributed by atoms with Crippen molar-refractivity contribution >= 4 is 39.1 Å². The minimum absolute atomic E-state index is 0.00451. The van der Waals surface area contributed by atoms with E-state index >= 15 is 0 Å². The fourth-order valence-electron chi connectivity index (χ4n) is 4.10. The quantitative estimate of drug-likeness (QED) is 0.300. The molecule has 2 amide bonds. The molecule has 0 bridgehead atoms. The SMILES string of the molecule is CCC(C(=O)NCC(C)C)N(Cc1ccc(F)cc1)C(=O)CN(c1ccc(C)cc1)S(=O)(=O)c1ccc(Cl)cc1. The Labute approximate surface area is 241 Å². The maximum atomic E-state index is 14.0. The molecule has 1 N–H and O–H groups in total. The molecule has 0 saturated carbocycles. The highest BCUT2D eigenvalue weighted by Crippen LogP contribution is 2.26. The number of hydrogen-bond donors (Lipinski definition) is 1. The molecule has 0 aliphatic heterocycles. The van der Waals surface area contributed by atoms with E-state index < -0.39 is 34.3 Å². The summed E-state index contributed by atoms with van der Waals surface area (Å²) >= 11 is 5.98. The Balaban J connectivity index is 2.03. The number of benzene rings is 3. The van der Waals surface area contributed by atoms with Crippen molar-refractivity contribution < 1.29 is 22.4 Å². The van der Waals surface area contributed by atoms with Crippen LogP contribution in [0.5, 0.6) is 0 Å². The standard InChI is InChI=1S/C30H35ClFN3O4S/c1-5-28(30(37)33-18-21(2)3)34(19-23-8-12-25(32)13-9-23)29(36)20-35(26-14-6-22(4)7-15-26)40(38,39)27-16-10-24(31)11-17-27/h6-17,21,28H,5,18-20H2,1-4H3,(H,33,37). The summed E-state index contributed by atoms with van der Waals surface area (Å²) in [4.78, 5) is 28.5. The average Bonchev–Trinajstić information content (AvgIpc) is 2.92. The lowest BCUT2D eigenvalue weighted by Crippen LogP contribution is -2.52. The summed E-state index contributed by atoms with van der Waals surface area (Å²) in [5.41, 5.74) is 1.82.